The summed E-state index contributed by atoms with van der Waals surface area (Å²) in [5, 5.41) is 2.97. The van der Waals surface area contributed by atoms with Gasteiger partial charge < -0.3 is 19.5 Å². The van der Waals surface area contributed by atoms with Gasteiger partial charge in [-0.3, -0.25) is 13.8 Å². The molecule has 2 amide bonds. The second-order valence-electron chi connectivity index (χ2n) is 10.1. The van der Waals surface area contributed by atoms with Crippen LogP contribution in [0.3, 0.4) is 0 Å². The number of benzene rings is 4. The third-order valence-electron chi connectivity index (χ3n) is 6.48. The van der Waals surface area contributed by atoms with E-state index in [0.29, 0.717) is 17.7 Å². The number of amides is 2. The molecule has 4 rings (SSSR count). The molecule has 1 atom stereocenters. The van der Waals surface area contributed by atoms with Gasteiger partial charge >= 0.3 is 0 Å². The average Bonchev–Trinajstić information content (AvgIpc) is 2.98. The molecule has 7 nitrogen and oxygen atoms in total. The van der Waals surface area contributed by atoms with Crippen molar-refractivity contribution in [2.45, 2.75) is 31.6 Å². The standard InChI is InChI=1S/C18H21NO.C16H17NO4S/c1-14-6-3-8-16(12-14)9-5-11-19-18(20)17-10-4-7-15(2)13-17;1-17(2)16(18)13-6-4-5-11(9-13)12-7-8-14(21-3)15(10-12)22(19)20/h3-4,6-8,10,12-13H,5,9,11H2,1-2H3,(H,19,20);4-10H,1-3H3,(H,19,20)/p-1. The van der Waals surface area contributed by atoms with Gasteiger partial charge in [0.1, 0.15) is 5.75 Å². The molecule has 4 aromatic rings. The van der Waals surface area contributed by atoms with Gasteiger partial charge in [-0.2, -0.15) is 0 Å². The minimum atomic E-state index is -2.40. The normalized spacial score (nSPS) is 11.1. The lowest BCUT2D eigenvalue weighted by Crippen LogP contribution is -2.24. The quantitative estimate of drug-likeness (QED) is 0.193. The number of nitrogens with one attached hydrogen (secondary N) is 1. The van der Waals surface area contributed by atoms with Gasteiger partial charge in [0.05, 0.1) is 12.0 Å². The predicted octanol–water partition coefficient (Wildman–Crippen LogP) is 5.97. The lowest BCUT2D eigenvalue weighted by Gasteiger charge is -2.14. The van der Waals surface area contributed by atoms with Gasteiger partial charge in [-0.25, -0.2) is 0 Å². The minimum Gasteiger partial charge on any atom is -0.768 e. The zero-order chi connectivity index (χ0) is 30.6. The first-order valence-corrected chi connectivity index (χ1v) is 14.7. The first-order valence-electron chi connectivity index (χ1n) is 13.6. The number of methoxy groups -OCH3 is 1. The highest BCUT2D eigenvalue weighted by molar-refractivity contribution is 7.79. The van der Waals surface area contributed by atoms with Crippen molar-refractivity contribution in [1.29, 1.82) is 0 Å². The molecule has 1 N–H and O–H groups in total. The van der Waals surface area contributed by atoms with Crippen LogP contribution < -0.4 is 10.1 Å². The molecular weight excluding hydrogens is 548 g/mol. The molecular formula is C34H37N2O5S-. The van der Waals surface area contributed by atoms with Crippen LogP contribution in [0.4, 0.5) is 0 Å². The molecule has 1 unspecified atom stereocenters. The van der Waals surface area contributed by atoms with Gasteiger partial charge in [-0.05, 0) is 90.9 Å². The minimum absolute atomic E-state index is 0.0120. The maximum Gasteiger partial charge on any atom is 0.253 e. The smallest absolute Gasteiger partial charge is 0.253 e. The maximum atomic E-state index is 12.0. The third-order valence-corrected chi connectivity index (χ3v) is 7.16. The number of nitrogens with zero attached hydrogens (tertiary/aromatic N) is 1. The van der Waals surface area contributed by atoms with E-state index < -0.39 is 11.1 Å². The molecule has 8 heteroatoms. The van der Waals surface area contributed by atoms with E-state index >= 15 is 0 Å². The van der Waals surface area contributed by atoms with Crippen molar-refractivity contribution in [2.24, 2.45) is 0 Å². The van der Waals surface area contributed by atoms with Gasteiger partial charge in [-0.1, -0.05) is 65.7 Å². The summed E-state index contributed by atoms with van der Waals surface area (Å²) in [6.45, 7) is 4.80. The Morgan fingerprint density at radius 3 is 2.12 bits per heavy atom. The molecule has 0 heterocycles. The summed E-state index contributed by atoms with van der Waals surface area (Å²) < 4.78 is 27.6. The van der Waals surface area contributed by atoms with Crippen LogP contribution in [0.15, 0.2) is 95.9 Å². The summed E-state index contributed by atoms with van der Waals surface area (Å²) in [4.78, 5) is 25.5. The first-order chi connectivity index (χ1) is 20.1. The zero-order valence-corrected chi connectivity index (χ0v) is 25.5. The highest BCUT2D eigenvalue weighted by Crippen LogP contribution is 2.29. The van der Waals surface area contributed by atoms with Crippen LogP contribution in [0.25, 0.3) is 11.1 Å². The Morgan fingerprint density at radius 1 is 0.833 bits per heavy atom. The van der Waals surface area contributed by atoms with Gasteiger partial charge in [0, 0.05) is 31.8 Å². The Hall–Kier alpha value is -4.27. The van der Waals surface area contributed by atoms with E-state index in [0.717, 1.165) is 29.5 Å². The average molecular weight is 586 g/mol. The van der Waals surface area contributed by atoms with Crippen molar-refractivity contribution in [3.8, 4) is 16.9 Å². The molecule has 0 aliphatic carbocycles. The summed E-state index contributed by atoms with van der Waals surface area (Å²) in [6.07, 6.45) is 1.96. The number of carbonyl (C=O) groups is 2. The molecule has 0 saturated heterocycles. The SMILES string of the molecule is COc1ccc(-c2cccc(C(=O)N(C)C)c2)cc1S(=O)[O-].Cc1cccc(CCCNC(=O)c2cccc(C)c2)c1. The Bertz CT molecular complexity index is 1550. The number of aryl methyl sites for hydroxylation is 3. The van der Waals surface area contributed by atoms with E-state index in [-0.39, 0.29) is 22.5 Å². The molecule has 220 valence electrons. The van der Waals surface area contributed by atoms with Crippen LogP contribution in [0.1, 0.15) is 43.8 Å². The highest BCUT2D eigenvalue weighted by Gasteiger charge is 2.11. The summed E-state index contributed by atoms with van der Waals surface area (Å²) >= 11 is -2.40. The van der Waals surface area contributed by atoms with Crippen molar-refractivity contribution in [2.75, 3.05) is 27.7 Å². The topological polar surface area (TPSA) is 98.8 Å². The first kappa shape index (κ1) is 32.2. The summed E-state index contributed by atoms with van der Waals surface area (Å²) in [5.74, 6) is 0.193. The van der Waals surface area contributed by atoms with Crippen LogP contribution in [0, 0.1) is 13.8 Å². The zero-order valence-electron chi connectivity index (χ0n) is 24.7. The van der Waals surface area contributed by atoms with E-state index in [1.165, 1.54) is 29.2 Å². The van der Waals surface area contributed by atoms with Crippen LogP contribution in [-0.2, 0) is 17.5 Å². The van der Waals surface area contributed by atoms with Crippen LogP contribution in [0.2, 0.25) is 0 Å². The second kappa shape index (κ2) is 15.7. The molecule has 42 heavy (non-hydrogen) atoms. The van der Waals surface area contributed by atoms with E-state index in [4.69, 9.17) is 4.74 Å². The molecule has 0 aromatic heterocycles. The monoisotopic (exact) mass is 585 g/mol. The Labute approximate surface area is 250 Å². The lowest BCUT2D eigenvalue weighted by atomic mass is 10.0. The number of carbonyl (C=O) groups excluding carboxylic acids is 2. The van der Waals surface area contributed by atoms with Crippen molar-refractivity contribution >= 4 is 22.9 Å². The molecule has 0 bridgehead atoms. The fourth-order valence-corrected chi connectivity index (χ4v) is 4.87. The fraction of sp³-hybridized carbons (Fsp3) is 0.235. The molecule has 0 aliphatic rings. The van der Waals surface area contributed by atoms with Gasteiger partial charge in [0.2, 0.25) is 0 Å². The van der Waals surface area contributed by atoms with Crippen LogP contribution in [-0.4, -0.2) is 53.2 Å². The number of ether oxygens (including phenoxy) is 1. The molecule has 0 saturated carbocycles. The van der Waals surface area contributed by atoms with Gasteiger partial charge in [0.15, 0.2) is 0 Å². The predicted molar refractivity (Wildman–Crippen MR) is 167 cm³/mol. The van der Waals surface area contributed by atoms with Crippen LogP contribution >= 0.6 is 0 Å². The largest absolute Gasteiger partial charge is 0.768 e. The van der Waals surface area contributed by atoms with Gasteiger partial charge in [-0.15, -0.1) is 0 Å². The third kappa shape index (κ3) is 9.39. The van der Waals surface area contributed by atoms with Crippen molar-refractivity contribution in [3.05, 3.63) is 119 Å². The summed E-state index contributed by atoms with van der Waals surface area (Å²) in [5.41, 5.74) is 6.47. The maximum absolute atomic E-state index is 12.0. The van der Waals surface area contributed by atoms with E-state index in [1.807, 2.05) is 37.3 Å². The number of hydrogen-bond donors (Lipinski definition) is 1. The molecule has 0 fully saturated rings. The van der Waals surface area contributed by atoms with Gasteiger partial charge in [0.25, 0.3) is 11.8 Å². The second-order valence-corrected chi connectivity index (χ2v) is 11.0. The van der Waals surface area contributed by atoms with Crippen molar-refractivity contribution in [3.63, 3.8) is 0 Å². The number of rotatable bonds is 9. The van der Waals surface area contributed by atoms with E-state index in [2.05, 4.69) is 36.5 Å². The summed E-state index contributed by atoms with van der Waals surface area (Å²) in [7, 11) is 4.78. The Balaban J connectivity index is 0.000000231. The summed E-state index contributed by atoms with van der Waals surface area (Å²) in [6, 6.07) is 28.1. The molecule has 4 aromatic carbocycles. The van der Waals surface area contributed by atoms with E-state index in [9.17, 15) is 18.4 Å². The Morgan fingerprint density at radius 2 is 1.48 bits per heavy atom. The number of hydrogen-bond acceptors (Lipinski definition) is 5. The molecule has 0 radical (unpaired) electrons. The van der Waals surface area contributed by atoms with Crippen molar-refractivity contribution in [1.82, 2.24) is 10.2 Å². The lowest BCUT2D eigenvalue weighted by molar-refractivity contribution is 0.0827. The fourth-order valence-electron chi connectivity index (χ4n) is 4.33. The van der Waals surface area contributed by atoms with Crippen molar-refractivity contribution < 1.29 is 23.1 Å². The molecule has 0 aliphatic heterocycles. The van der Waals surface area contributed by atoms with E-state index in [1.54, 1.807) is 44.4 Å². The molecule has 0 spiro atoms. The Kier molecular flexibility index (Phi) is 12.0. The van der Waals surface area contributed by atoms with Crippen LogP contribution in [0.5, 0.6) is 5.75 Å². The highest BCUT2D eigenvalue weighted by atomic mass is 32.2.